The van der Waals surface area contributed by atoms with Crippen molar-refractivity contribution in [2.75, 3.05) is 39.8 Å². The Labute approximate surface area is 210 Å². The summed E-state index contributed by atoms with van der Waals surface area (Å²) < 4.78 is 1.90. The number of hydrogen-bond donors (Lipinski definition) is 1. The number of aliphatic imine (C=N–C) groups is 1. The van der Waals surface area contributed by atoms with Crippen LogP contribution in [0.25, 0.3) is 0 Å². The van der Waals surface area contributed by atoms with Crippen molar-refractivity contribution in [1.29, 1.82) is 0 Å². The topological polar surface area (TPSA) is 48.7 Å². The van der Waals surface area contributed by atoms with Crippen LogP contribution in [0.2, 0.25) is 0 Å². The smallest absolute Gasteiger partial charge is 0.193 e. The summed E-state index contributed by atoms with van der Waals surface area (Å²) in [5, 5.41) is 7.99. The SMILES string of the molecule is CN=C(NCC1CCN(Cc2ccc(C)cc2)CC1)N1CCC(Cc2cnn(C)c2)C1.I. The first kappa shape index (κ1) is 25.0. The molecule has 2 aliphatic heterocycles. The number of aromatic nitrogens is 2. The molecular formula is C25H39IN6. The van der Waals surface area contributed by atoms with E-state index in [2.05, 4.69) is 62.6 Å². The van der Waals surface area contributed by atoms with Crippen LogP contribution in [0.3, 0.4) is 0 Å². The van der Waals surface area contributed by atoms with Crippen molar-refractivity contribution in [3.8, 4) is 0 Å². The highest BCUT2D eigenvalue weighted by Gasteiger charge is 2.26. The summed E-state index contributed by atoms with van der Waals surface area (Å²) >= 11 is 0. The number of likely N-dealkylation sites (tertiary alicyclic amines) is 2. The van der Waals surface area contributed by atoms with Gasteiger partial charge in [-0.2, -0.15) is 5.10 Å². The van der Waals surface area contributed by atoms with Crippen molar-refractivity contribution in [3.05, 3.63) is 53.3 Å². The van der Waals surface area contributed by atoms with E-state index in [0.29, 0.717) is 5.92 Å². The Kier molecular flexibility index (Phi) is 9.40. The van der Waals surface area contributed by atoms with Crippen LogP contribution in [-0.4, -0.2) is 65.3 Å². The number of piperidine rings is 1. The molecular weight excluding hydrogens is 511 g/mol. The van der Waals surface area contributed by atoms with E-state index < -0.39 is 0 Å². The molecule has 1 unspecified atom stereocenters. The molecule has 2 aromatic rings. The van der Waals surface area contributed by atoms with Crippen LogP contribution < -0.4 is 5.32 Å². The minimum Gasteiger partial charge on any atom is -0.356 e. The summed E-state index contributed by atoms with van der Waals surface area (Å²) in [4.78, 5) is 9.62. The molecule has 1 atom stereocenters. The van der Waals surface area contributed by atoms with Gasteiger partial charge in [-0.05, 0) is 68.7 Å². The lowest BCUT2D eigenvalue weighted by molar-refractivity contribution is 0.177. The first-order valence-corrected chi connectivity index (χ1v) is 11.8. The highest BCUT2D eigenvalue weighted by molar-refractivity contribution is 14.0. The summed E-state index contributed by atoms with van der Waals surface area (Å²) in [5.74, 6) is 2.50. The van der Waals surface area contributed by atoms with Crippen molar-refractivity contribution in [2.45, 2.75) is 39.2 Å². The van der Waals surface area contributed by atoms with Gasteiger partial charge in [0.1, 0.15) is 0 Å². The Morgan fingerprint density at radius 1 is 1.06 bits per heavy atom. The monoisotopic (exact) mass is 550 g/mol. The van der Waals surface area contributed by atoms with E-state index in [1.165, 1.54) is 49.0 Å². The first-order valence-electron chi connectivity index (χ1n) is 11.8. The normalized spacial score (nSPS) is 20.4. The molecule has 2 saturated heterocycles. The molecule has 0 radical (unpaired) electrons. The van der Waals surface area contributed by atoms with Crippen LogP contribution in [0, 0.1) is 18.8 Å². The zero-order valence-corrected chi connectivity index (χ0v) is 22.2. The van der Waals surface area contributed by atoms with E-state index in [1.807, 2.05) is 25.0 Å². The van der Waals surface area contributed by atoms with E-state index in [-0.39, 0.29) is 24.0 Å². The summed E-state index contributed by atoms with van der Waals surface area (Å²) in [6.45, 7) is 8.83. The standard InChI is InChI=1S/C25H38N6.HI/c1-20-4-6-22(7-5-20)18-30-11-8-21(9-12-30)15-27-25(26-2)31-13-10-23(19-31)14-24-16-28-29(3)17-24;/h4-7,16-17,21,23H,8-15,18-19H2,1-3H3,(H,26,27);1H. The third-order valence-corrected chi connectivity index (χ3v) is 6.86. The average molecular weight is 551 g/mol. The number of nitrogens with one attached hydrogen (secondary N) is 1. The number of nitrogens with zero attached hydrogens (tertiary/aromatic N) is 5. The number of aryl methyl sites for hydroxylation is 2. The molecule has 0 saturated carbocycles. The number of guanidine groups is 1. The van der Waals surface area contributed by atoms with Gasteiger partial charge in [0.2, 0.25) is 0 Å². The van der Waals surface area contributed by atoms with Gasteiger partial charge >= 0.3 is 0 Å². The molecule has 4 rings (SSSR count). The molecule has 0 bridgehead atoms. The van der Waals surface area contributed by atoms with Crippen molar-refractivity contribution in [3.63, 3.8) is 0 Å². The van der Waals surface area contributed by atoms with Gasteiger partial charge in [0.25, 0.3) is 0 Å². The molecule has 7 heteroatoms. The van der Waals surface area contributed by atoms with Crippen LogP contribution in [-0.2, 0) is 20.0 Å². The summed E-state index contributed by atoms with van der Waals surface area (Å²) in [6.07, 6.45) is 9.01. The largest absolute Gasteiger partial charge is 0.356 e. The van der Waals surface area contributed by atoms with Gasteiger partial charge in [-0.1, -0.05) is 29.8 Å². The highest BCUT2D eigenvalue weighted by Crippen LogP contribution is 2.22. The zero-order valence-electron chi connectivity index (χ0n) is 19.8. The molecule has 176 valence electrons. The summed E-state index contributed by atoms with van der Waals surface area (Å²) in [7, 11) is 3.91. The van der Waals surface area contributed by atoms with Crippen molar-refractivity contribution < 1.29 is 0 Å². The maximum Gasteiger partial charge on any atom is 0.193 e. The molecule has 32 heavy (non-hydrogen) atoms. The molecule has 0 spiro atoms. The van der Waals surface area contributed by atoms with E-state index >= 15 is 0 Å². The van der Waals surface area contributed by atoms with E-state index in [9.17, 15) is 0 Å². The van der Waals surface area contributed by atoms with Gasteiger partial charge in [0, 0.05) is 46.5 Å². The van der Waals surface area contributed by atoms with Crippen molar-refractivity contribution >= 4 is 29.9 Å². The predicted octanol–water partition coefficient (Wildman–Crippen LogP) is 3.70. The Balaban J connectivity index is 0.00000289. The maximum atomic E-state index is 4.58. The van der Waals surface area contributed by atoms with Gasteiger partial charge in [-0.25, -0.2) is 0 Å². The van der Waals surface area contributed by atoms with Gasteiger partial charge in [0.05, 0.1) is 6.20 Å². The lowest BCUT2D eigenvalue weighted by atomic mass is 9.96. The summed E-state index contributed by atoms with van der Waals surface area (Å²) in [6, 6.07) is 8.98. The van der Waals surface area contributed by atoms with Gasteiger partial charge in [0.15, 0.2) is 5.96 Å². The minimum absolute atomic E-state index is 0. The number of hydrogen-bond acceptors (Lipinski definition) is 3. The molecule has 2 fully saturated rings. The number of benzene rings is 1. The Bertz CT molecular complexity index is 854. The molecule has 3 heterocycles. The third-order valence-electron chi connectivity index (χ3n) is 6.86. The van der Waals surface area contributed by atoms with Crippen LogP contribution in [0.5, 0.6) is 0 Å². The summed E-state index contributed by atoms with van der Waals surface area (Å²) in [5.41, 5.74) is 4.11. The van der Waals surface area contributed by atoms with Gasteiger partial charge in [-0.15, -0.1) is 24.0 Å². The highest BCUT2D eigenvalue weighted by atomic mass is 127. The van der Waals surface area contributed by atoms with Crippen molar-refractivity contribution in [1.82, 2.24) is 24.9 Å². The van der Waals surface area contributed by atoms with Crippen molar-refractivity contribution in [2.24, 2.45) is 23.9 Å². The lowest BCUT2D eigenvalue weighted by Crippen LogP contribution is -2.44. The predicted molar refractivity (Wildman–Crippen MR) is 143 cm³/mol. The quantitative estimate of drug-likeness (QED) is 0.339. The van der Waals surface area contributed by atoms with Crippen LogP contribution in [0.4, 0.5) is 0 Å². The molecule has 0 aliphatic carbocycles. The van der Waals surface area contributed by atoms with Crippen LogP contribution in [0.15, 0.2) is 41.7 Å². The third kappa shape index (κ3) is 6.94. The molecule has 1 aromatic carbocycles. The minimum atomic E-state index is 0. The molecule has 0 amide bonds. The second-order valence-corrected chi connectivity index (χ2v) is 9.46. The first-order chi connectivity index (χ1) is 15.1. The Morgan fingerprint density at radius 2 is 1.78 bits per heavy atom. The molecule has 6 nitrogen and oxygen atoms in total. The van der Waals surface area contributed by atoms with Crippen LogP contribution >= 0.6 is 24.0 Å². The fourth-order valence-electron chi connectivity index (χ4n) is 4.97. The second kappa shape index (κ2) is 12.0. The van der Waals surface area contributed by atoms with E-state index in [4.69, 9.17) is 0 Å². The number of halogens is 1. The maximum absolute atomic E-state index is 4.58. The van der Waals surface area contributed by atoms with Crippen LogP contribution in [0.1, 0.15) is 36.0 Å². The Hall–Kier alpha value is -1.61. The average Bonchev–Trinajstić information content (AvgIpc) is 3.40. The number of rotatable bonds is 6. The Morgan fingerprint density at radius 3 is 2.44 bits per heavy atom. The zero-order chi connectivity index (χ0) is 21.6. The fraction of sp³-hybridized carbons (Fsp3) is 0.600. The van der Waals surface area contributed by atoms with Gasteiger partial charge in [-0.3, -0.25) is 14.6 Å². The molecule has 1 aromatic heterocycles. The van der Waals surface area contributed by atoms with E-state index in [1.54, 1.807) is 0 Å². The fourth-order valence-corrected chi connectivity index (χ4v) is 4.97. The van der Waals surface area contributed by atoms with E-state index in [0.717, 1.165) is 44.5 Å². The molecule has 1 N–H and O–H groups in total. The lowest BCUT2D eigenvalue weighted by Gasteiger charge is -2.33. The molecule has 2 aliphatic rings. The second-order valence-electron chi connectivity index (χ2n) is 9.46. The van der Waals surface area contributed by atoms with Gasteiger partial charge < -0.3 is 10.2 Å².